The number of nitrogens with zero attached hydrogens (tertiary/aromatic N) is 1. The van der Waals surface area contributed by atoms with Crippen LogP contribution in [0.25, 0.3) is 0 Å². The van der Waals surface area contributed by atoms with Crippen molar-refractivity contribution in [2.24, 2.45) is 0 Å². The molecule has 2 aromatic rings. The van der Waals surface area contributed by atoms with Gasteiger partial charge in [0.05, 0.1) is 6.42 Å². The first-order valence-corrected chi connectivity index (χ1v) is 10.9. The van der Waals surface area contributed by atoms with E-state index in [0.717, 1.165) is 10.5 Å². The summed E-state index contributed by atoms with van der Waals surface area (Å²) in [5, 5.41) is 12.1. The van der Waals surface area contributed by atoms with Crippen LogP contribution in [0.1, 0.15) is 5.56 Å². The average Bonchev–Trinajstić information content (AvgIpc) is 2.73. The number of carbonyl (C=O) groups is 3. The number of carbonyl (C=O) groups excluding carboxylic acids is 2. The third-order valence-corrected chi connectivity index (χ3v) is 7.20. The van der Waals surface area contributed by atoms with Gasteiger partial charge in [0.2, 0.25) is 5.91 Å². The second-order valence-corrected chi connectivity index (χ2v) is 8.88. The largest absolute Gasteiger partial charge is 0.477 e. The van der Waals surface area contributed by atoms with Crippen LogP contribution < -0.4 is 5.32 Å². The van der Waals surface area contributed by atoms with Crippen molar-refractivity contribution in [3.8, 4) is 0 Å². The molecule has 0 aromatic heterocycles. The first-order chi connectivity index (χ1) is 14.0. The van der Waals surface area contributed by atoms with Crippen LogP contribution in [0.4, 0.5) is 0 Å². The molecular weight excluding hydrogens is 408 g/mol. The molecule has 0 spiro atoms. The zero-order valence-corrected chi connectivity index (χ0v) is 16.9. The standard InChI is InChI=1S/C21H18N2O4S2/c24-16(11-13-7-3-1-4-8-13)22-17-19(25)23-18(21(26)27)15(12-28-20(17)23)29-14-9-5-2-6-10-14/h1-10,17,20H,11-12H2,(H,22,24)(H,26,27)/t17-,20+/m1/s1. The number of hydrogen-bond acceptors (Lipinski definition) is 5. The van der Waals surface area contributed by atoms with E-state index < -0.39 is 17.4 Å². The van der Waals surface area contributed by atoms with E-state index in [2.05, 4.69) is 5.32 Å². The van der Waals surface area contributed by atoms with Crippen molar-refractivity contribution < 1.29 is 19.5 Å². The number of carboxylic acid groups (broad SMARTS) is 1. The fourth-order valence-corrected chi connectivity index (χ4v) is 5.80. The summed E-state index contributed by atoms with van der Waals surface area (Å²) in [6, 6.07) is 18.0. The predicted octanol–water partition coefficient (Wildman–Crippen LogP) is 2.72. The van der Waals surface area contributed by atoms with Crippen LogP contribution in [0.15, 0.2) is 76.2 Å². The lowest BCUT2D eigenvalue weighted by Gasteiger charge is -2.49. The Morgan fingerprint density at radius 1 is 1.10 bits per heavy atom. The van der Waals surface area contributed by atoms with E-state index in [1.807, 2.05) is 60.7 Å². The van der Waals surface area contributed by atoms with Gasteiger partial charge in [0.15, 0.2) is 0 Å². The number of fused-ring (bicyclic) bond motifs is 1. The molecule has 148 valence electrons. The number of rotatable bonds is 6. The van der Waals surface area contributed by atoms with Crippen LogP contribution in [0, 0.1) is 0 Å². The lowest BCUT2D eigenvalue weighted by atomic mass is 10.0. The topological polar surface area (TPSA) is 86.7 Å². The number of aliphatic carboxylic acids is 1. The minimum Gasteiger partial charge on any atom is -0.477 e. The molecule has 1 fully saturated rings. The summed E-state index contributed by atoms with van der Waals surface area (Å²) in [7, 11) is 0. The van der Waals surface area contributed by atoms with Crippen LogP contribution in [-0.2, 0) is 20.8 Å². The second kappa shape index (κ2) is 8.34. The van der Waals surface area contributed by atoms with Gasteiger partial charge < -0.3 is 10.4 Å². The molecule has 0 bridgehead atoms. The molecule has 4 rings (SSSR count). The van der Waals surface area contributed by atoms with E-state index in [9.17, 15) is 19.5 Å². The average molecular weight is 427 g/mol. The molecule has 0 saturated carbocycles. The summed E-state index contributed by atoms with van der Waals surface area (Å²) in [5.41, 5.74) is 0.874. The molecule has 2 aromatic carbocycles. The van der Waals surface area contributed by atoms with Crippen molar-refractivity contribution in [3.05, 3.63) is 76.8 Å². The summed E-state index contributed by atoms with van der Waals surface area (Å²) in [5.74, 6) is -1.29. The lowest BCUT2D eigenvalue weighted by molar-refractivity contribution is -0.150. The summed E-state index contributed by atoms with van der Waals surface area (Å²) in [4.78, 5) is 39.8. The molecule has 2 amide bonds. The molecule has 2 heterocycles. The first kappa shape index (κ1) is 19.6. The Labute approximate surface area is 176 Å². The maximum absolute atomic E-state index is 12.7. The summed E-state index contributed by atoms with van der Waals surface area (Å²) in [6.07, 6.45) is 0.179. The van der Waals surface area contributed by atoms with Crippen molar-refractivity contribution in [2.45, 2.75) is 22.7 Å². The first-order valence-electron chi connectivity index (χ1n) is 9.02. The number of hydrogen-bond donors (Lipinski definition) is 2. The molecule has 29 heavy (non-hydrogen) atoms. The van der Waals surface area contributed by atoms with Gasteiger partial charge in [0, 0.05) is 15.6 Å². The van der Waals surface area contributed by atoms with Gasteiger partial charge in [-0.1, -0.05) is 60.3 Å². The van der Waals surface area contributed by atoms with Gasteiger partial charge in [0.1, 0.15) is 17.1 Å². The van der Waals surface area contributed by atoms with E-state index >= 15 is 0 Å². The highest BCUT2D eigenvalue weighted by molar-refractivity contribution is 8.06. The van der Waals surface area contributed by atoms with Gasteiger partial charge in [-0.2, -0.15) is 0 Å². The molecule has 8 heteroatoms. The van der Waals surface area contributed by atoms with Crippen LogP contribution in [-0.4, -0.2) is 45.0 Å². The molecule has 6 nitrogen and oxygen atoms in total. The Hall–Kier alpha value is -2.71. The smallest absolute Gasteiger partial charge is 0.353 e. The zero-order chi connectivity index (χ0) is 20.4. The fraction of sp³-hybridized carbons (Fsp3) is 0.190. The fourth-order valence-electron chi connectivity index (χ4n) is 3.31. The Bertz CT molecular complexity index is 979. The minimum atomic E-state index is -1.13. The Morgan fingerprint density at radius 3 is 2.41 bits per heavy atom. The highest BCUT2D eigenvalue weighted by Gasteiger charge is 2.54. The highest BCUT2D eigenvalue weighted by atomic mass is 32.2. The number of amides is 2. The molecule has 2 atom stereocenters. The second-order valence-electron chi connectivity index (χ2n) is 6.61. The monoisotopic (exact) mass is 426 g/mol. The summed E-state index contributed by atoms with van der Waals surface area (Å²) >= 11 is 2.83. The zero-order valence-electron chi connectivity index (χ0n) is 15.3. The highest BCUT2D eigenvalue weighted by Crippen LogP contribution is 2.45. The van der Waals surface area contributed by atoms with Gasteiger partial charge in [-0.15, -0.1) is 11.8 Å². The third kappa shape index (κ3) is 4.04. The maximum atomic E-state index is 12.7. The van der Waals surface area contributed by atoms with E-state index in [-0.39, 0.29) is 23.9 Å². The molecule has 2 N–H and O–H groups in total. The normalized spacial score (nSPS) is 20.7. The predicted molar refractivity (Wildman–Crippen MR) is 112 cm³/mol. The van der Waals surface area contributed by atoms with Crippen LogP contribution >= 0.6 is 23.5 Å². The van der Waals surface area contributed by atoms with E-state index in [4.69, 9.17) is 0 Å². The summed E-state index contributed by atoms with van der Waals surface area (Å²) < 4.78 is 0. The quantitative estimate of drug-likeness (QED) is 0.691. The molecule has 1 saturated heterocycles. The third-order valence-electron chi connectivity index (χ3n) is 4.64. The summed E-state index contributed by atoms with van der Waals surface area (Å²) in [6.45, 7) is 0. The number of thioether (sulfide) groups is 2. The molecule has 0 unspecified atom stereocenters. The van der Waals surface area contributed by atoms with Crippen molar-refractivity contribution >= 4 is 41.3 Å². The van der Waals surface area contributed by atoms with Crippen molar-refractivity contribution in [1.29, 1.82) is 0 Å². The Kier molecular flexibility index (Phi) is 5.64. The van der Waals surface area contributed by atoms with Crippen LogP contribution in [0.2, 0.25) is 0 Å². The van der Waals surface area contributed by atoms with Crippen LogP contribution in [0.3, 0.4) is 0 Å². The minimum absolute atomic E-state index is 0.0150. The van der Waals surface area contributed by atoms with Gasteiger partial charge in [0.25, 0.3) is 5.91 Å². The van der Waals surface area contributed by atoms with Gasteiger partial charge in [-0.05, 0) is 17.7 Å². The van der Waals surface area contributed by atoms with Crippen molar-refractivity contribution in [1.82, 2.24) is 10.2 Å². The maximum Gasteiger partial charge on any atom is 0.353 e. The molecule has 2 aliphatic rings. The number of carboxylic acids is 1. The molecule has 0 radical (unpaired) electrons. The lowest BCUT2D eigenvalue weighted by Crippen LogP contribution is -2.70. The Balaban J connectivity index is 1.48. The van der Waals surface area contributed by atoms with E-state index in [0.29, 0.717) is 10.7 Å². The molecular formula is C21H18N2O4S2. The van der Waals surface area contributed by atoms with Crippen molar-refractivity contribution in [3.63, 3.8) is 0 Å². The van der Waals surface area contributed by atoms with Gasteiger partial charge in [-0.25, -0.2) is 4.79 Å². The number of nitrogens with one attached hydrogen (secondary N) is 1. The van der Waals surface area contributed by atoms with Gasteiger partial charge in [-0.3, -0.25) is 14.5 Å². The van der Waals surface area contributed by atoms with Crippen LogP contribution in [0.5, 0.6) is 0 Å². The van der Waals surface area contributed by atoms with Gasteiger partial charge >= 0.3 is 5.97 Å². The molecule has 2 aliphatic heterocycles. The van der Waals surface area contributed by atoms with E-state index in [1.165, 1.54) is 28.4 Å². The van der Waals surface area contributed by atoms with Crippen molar-refractivity contribution in [2.75, 3.05) is 5.75 Å². The number of β-lactam (4-membered cyclic amide) rings is 1. The Morgan fingerprint density at radius 2 is 1.76 bits per heavy atom. The SMILES string of the molecule is O=C(Cc1ccccc1)N[C@@H]1C(=O)N2C(C(=O)O)=C(Sc3ccccc3)CS[C@@H]12. The van der Waals surface area contributed by atoms with E-state index in [1.54, 1.807) is 0 Å². The number of benzene rings is 2. The molecule has 0 aliphatic carbocycles.